The van der Waals surface area contributed by atoms with E-state index in [9.17, 15) is 4.79 Å². The highest BCUT2D eigenvalue weighted by atomic mass is 16.5. The topological polar surface area (TPSA) is 53.4 Å². The first kappa shape index (κ1) is 11.1. The van der Waals surface area contributed by atoms with E-state index in [1.807, 2.05) is 0 Å². The van der Waals surface area contributed by atoms with Gasteiger partial charge in [-0.1, -0.05) is 0 Å². The van der Waals surface area contributed by atoms with E-state index < -0.39 is 0 Å². The van der Waals surface area contributed by atoms with Gasteiger partial charge in [0.2, 0.25) is 0 Å². The Balaban J connectivity index is 2.21. The molecule has 1 aromatic rings. The first-order valence-corrected chi connectivity index (χ1v) is 5.42. The average Bonchev–Trinajstić information content (AvgIpc) is 2.70. The molecule has 2 rings (SSSR count). The highest BCUT2D eigenvalue weighted by Gasteiger charge is 2.27. The number of ether oxygens (including phenoxy) is 2. The summed E-state index contributed by atoms with van der Waals surface area (Å²) in [5, 5.41) is 4.04. The number of methoxy groups -OCH3 is 1. The van der Waals surface area contributed by atoms with Crippen molar-refractivity contribution in [3.05, 3.63) is 11.9 Å². The first-order valence-electron chi connectivity index (χ1n) is 5.42. The van der Waals surface area contributed by atoms with Crippen LogP contribution in [0.5, 0.6) is 5.75 Å². The number of carbonyl (C=O) groups is 1. The van der Waals surface area contributed by atoms with Gasteiger partial charge in [-0.05, 0) is 12.8 Å². The molecule has 1 aromatic heterocycles. The van der Waals surface area contributed by atoms with Crippen LogP contribution >= 0.6 is 0 Å². The minimum atomic E-state index is 0.0399. The summed E-state index contributed by atoms with van der Waals surface area (Å²) in [5.74, 6) is 0.706. The van der Waals surface area contributed by atoms with E-state index in [1.165, 1.54) is 0 Å². The summed E-state index contributed by atoms with van der Waals surface area (Å²) < 4.78 is 12.0. The number of carbonyl (C=O) groups excluding carboxylic acids is 1. The summed E-state index contributed by atoms with van der Waals surface area (Å²) >= 11 is 0. The third kappa shape index (κ3) is 1.95. The number of ketones is 1. The van der Waals surface area contributed by atoms with Crippen molar-refractivity contribution >= 4 is 5.78 Å². The van der Waals surface area contributed by atoms with Gasteiger partial charge in [0.05, 0.1) is 13.3 Å². The predicted octanol–water partition coefficient (Wildman–Crippen LogP) is 1.04. The molecule has 0 radical (unpaired) electrons. The van der Waals surface area contributed by atoms with Crippen molar-refractivity contribution in [1.29, 1.82) is 0 Å². The van der Waals surface area contributed by atoms with Crippen molar-refractivity contribution in [3.63, 3.8) is 0 Å². The number of Topliss-reactive ketones (excluding diaryl/α,β-unsaturated/α-hetero) is 1. The van der Waals surface area contributed by atoms with Gasteiger partial charge in [-0.3, -0.25) is 9.48 Å². The number of aryl methyl sites for hydroxylation is 1. The standard InChI is InChI=1S/C11H16N2O3/c1-13-10(9(15-2)7-12-13)11(14)8-3-5-16-6-4-8/h7-8H,3-6H2,1-2H3. The van der Waals surface area contributed by atoms with E-state index in [0.717, 1.165) is 12.8 Å². The van der Waals surface area contributed by atoms with E-state index in [4.69, 9.17) is 9.47 Å². The van der Waals surface area contributed by atoms with Gasteiger partial charge in [-0.2, -0.15) is 5.10 Å². The van der Waals surface area contributed by atoms with Gasteiger partial charge < -0.3 is 9.47 Å². The highest BCUT2D eigenvalue weighted by molar-refractivity contribution is 5.98. The molecule has 0 spiro atoms. The van der Waals surface area contributed by atoms with E-state index in [2.05, 4.69) is 5.10 Å². The Labute approximate surface area is 94.3 Å². The van der Waals surface area contributed by atoms with Gasteiger partial charge in [-0.15, -0.1) is 0 Å². The van der Waals surface area contributed by atoms with Crippen molar-refractivity contribution < 1.29 is 14.3 Å². The number of nitrogens with zero attached hydrogens (tertiary/aromatic N) is 2. The van der Waals surface area contributed by atoms with Crippen molar-refractivity contribution in [2.45, 2.75) is 12.8 Å². The molecular weight excluding hydrogens is 208 g/mol. The van der Waals surface area contributed by atoms with Gasteiger partial charge in [0.25, 0.3) is 0 Å². The normalized spacial score (nSPS) is 17.4. The van der Waals surface area contributed by atoms with Crippen LogP contribution < -0.4 is 4.74 Å². The molecule has 16 heavy (non-hydrogen) atoms. The van der Waals surface area contributed by atoms with Crippen LogP contribution in [0.15, 0.2) is 6.20 Å². The molecule has 88 valence electrons. The van der Waals surface area contributed by atoms with E-state index in [1.54, 1.807) is 25.0 Å². The second-order valence-electron chi connectivity index (χ2n) is 3.94. The zero-order chi connectivity index (χ0) is 11.5. The Hall–Kier alpha value is -1.36. The summed E-state index contributed by atoms with van der Waals surface area (Å²) in [6, 6.07) is 0. The van der Waals surface area contributed by atoms with Crippen LogP contribution in [0.3, 0.4) is 0 Å². The van der Waals surface area contributed by atoms with Gasteiger partial charge in [0, 0.05) is 26.2 Å². The van der Waals surface area contributed by atoms with Gasteiger partial charge in [0.1, 0.15) is 5.69 Å². The molecule has 0 unspecified atom stereocenters. The fourth-order valence-corrected chi connectivity index (χ4v) is 2.00. The minimum Gasteiger partial charge on any atom is -0.493 e. The quantitative estimate of drug-likeness (QED) is 0.720. The van der Waals surface area contributed by atoms with Crippen molar-refractivity contribution in [2.75, 3.05) is 20.3 Å². The Morgan fingerprint density at radius 1 is 1.56 bits per heavy atom. The molecule has 0 N–H and O–H groups in total. The van der Waals surface area contributed by atoms with E-state index >= 15 is 0 Å². The van der Waals surface area contributed by atoms with Crippen LogP contribution in [0, 0.1) is 5.92 Å². The molecule has 1 saturated heterocycles. The summed E-state index contributed by atoms with van der Waals surface area (Å²) in [7, 11) is 3.31. The Kier molecular flexibility index (Phi) is 3.24. The highest BCUT2D eigenvalue weighted by Crippen LogP contribution is 2.25. The molecule has 0 bridgehead atoms. The van der Waals surface area contributed by atoms with Gasteiger partial charge in [-0.25, -0.2) is 0 Å². The molecule has 5 nitrogen and oxygen atoms in total. The number of hydrogen-bond donors (Lipinski definition) is 0. The zero-order valence-corrected chi connectivity index (χ0v) is 9.60. The SMILES string of the molecule is COc1cnn(C)c1C(=O)C1CCOCC1. The van der Waals surface area contributed by atoms with Crippen molar-refractivity contribution in [2.24, 2.45) is 13.0 Å². The molecule has 0 aliphatic carbocycles. The van der Waals surface area contributed by atoms with Gasteiger partial charge >= 0.3 is 0 Å². The molecule has 0 atom stereocenters. The number of aromatic nitrogens is 2. The maximum atomic E-state index is 12.3. The summed E-state index contributed by atoms with van der Waals surface area (Å²) in [6.07, 6.45) is 3.15. The molecule has 1 aliphatic heterocycles. The number of hydrogen-bond acceptors (Lipinski definition) is 4. The third-order valence-corrected chi connectivity index (χ3v) is 2.95. The Bertz CT molecular complexity index is 381. The lowest BCUT2D eigenvalue weighted by Crippen LogP contribution is -2.25. The van der Waals surface area contributed by atoms with Crippen LogP contribution in [-0.2, 0) is 11.8 Å². The molecule has 1 aliphatic rings. The maximum Gasteiger partial charge on any atom is 0.187 e. The lowest BCUT2D eigenvalue weighted by molar-refractivity contribution is 0.0537. The lowest BCUT2D eigenvalue weighted by Gasteiger charge is -2.20. The van der Waals surface area contributed by atoms with Gasteiger partial charge in [0.15, 0.2) is 11.5 Å². The van der Waals surface area contributed by atoms with Crippen LogP contribution in [0.1, 0.15) is 23.3 Å². The van der Waals surface area contributed by atoms with Crippen LogP contribution in [-0.4, -0.2) is 35.9 Å². The Morgan fingerprint density at radius 2 is 2.25 bits per heavy atom. The third-order valence-electron chi connectivity index (χ3n) is 2.95. The van der Waals surface area contributed by atoms with E-state index in [0.29, 0.717) is 24.7 Å². The number of rotatable bonds is 3. The van der Waals surface area contributed by atoms with Crippen LogP contribution in [0.2, 0.25) is 0 Å². The van der Waals surface area contributed by atoms with Crippen molar-refractivity contribution in [3.8, 4) is 5.75 Å². The predicted molar refractivity (Wildman–Crippen MR) is 57.6 cm³/mol. The molecule has 5 heteroatoms. The maximum absolute atomic E-state index is 12.3. The Morgan fingerprint density at radius 3 is 2.88 bits per heavy atom. The second kappa shape index (κ2) is 4.65. The summed E-state index contributed by atoms with van der Waals surface area (Å²) in [6.45, 7) is 1.33. The molecule has 2 heterocycles. The largest absolute Gasteiger partial charge is 0.493 e. The van der Waals surface area contributed by atoms with Crippen LogP contribution in [0.4, 0.5) is 0 Å². The van der Waals surface area contributed by atoms with Crippen molar-refractivity contribution in [1.82, 2.24) is 9.78 Å². The molecule has 0 aromatic carbocycles. The minimum absolute atomic E-state index is 0.0399. The molecule has 1 fully saturated rings. The molecule has 0 amide bonds. The lowest BCUT2D eigenvalue weighted by atomic mass is 9.93. The summed E-state index contributed by atoms with van der Waals surface area (Å²) in [5.41, 5.74) is 0.564. The fourth-order valence-electron chi connectivity index (χ4n) is 2.00. The first-order chi connectivity index (χ1) is 7.74. The van der Waals surface area contributed by atoms with E-state index in [-0.39, 0.29) is 11.7 Å². The second-order valence-corrected chi connectivity index (χ2v) is 3.94. The van der Waals surface area contributed by atoms with Crippen LogP contribution in [0.25, 0.3) is 0 Å². The summed E-state index contributed by atoms with van der Waals surface area (Å²) in [4.78, 5) is 12.3. The zero-order valence-electron chi connectivity index (χ0n) is 9.60. The monoisotopic (exact) mass is 224 g/mol. The fraction of sp³-hybridized carbons (Fsp3) is 0.636. The molecular formula is C11H16N2O3. The molecule has 0 saturated carbocycles. The average molecular weight is 224 g/mol. The smallest absolute Gasteiger partial charge is 0.187 e.